The number of thiazole rings is 1. The van der Waals surface area contributed by atoms with E-state index in [0.29, 0.717) is 25.7 Å². The van der Waals surface area contributed by atoms with Crippen LogP contribution in [0, 0.1) is 0 Å². The predicted octanol–water partition coefficient (Wildman–Crippen LogP) is 2.89. The van der Waals surface area contributed by atoms with Gasteiger partial charge < -0.3 is 20.0 Å². The first kappa shape index (κ1) is 23.9. The van der Waals surface area contributed by atoms with Gasteiger partial charge in [0.1, 0.15) is 10.3 Å². The molecular weight excluding hydrogens is 436 g/mol. The van der Waals surface area contributed by atoms with Crippen LogP contribution < -0.4 is 10.2 Å². The van der Waals surface area contributed by atoms with E-state index in [1.807, 2.05) is 17.0 Å². The molecule has 0 radical (unpaired) electrons. The predicted molar refractivity (Wildman–Crippen MR) is 133 cm³/mol. The average molecular weight is 473 g/mol. The molecule has 0 aromatic carbocycles. The van der Waals surface area contributed by atoms with Crippen LogP contribution in [0.5, 0.6) is 0 Å². The Morgan fingerprint density at radius 1 is 1.15 bits per heavy atom. The van der Waals surface area contributed by atoms with Crippen molar-refractivity contribution < 1.29 is 9.59 Å². The van der Waals surface area contributed by atoms with Crippen LogP contribution in [0.3, 0.4) is 0 Å². The Labute approximate surface area is 200 Å². The molecule has 2 aliphatic rings. The summed E-state index contributed by atoms with van der Waals surface area (Å²) in [6.07, 6.45) is 8.45. The van der Waals surface area contributed by atoms with Crippen LogP contribution in [0.25, 0.3) is 10.3 Å². The van der Waals surface area contributed by atoms with E-state index in [0.717, 1.165) is 41.5 Å². The molecule has 8 nitrogen and oxygen atoms in total. The number of nitrogens with zero attached hydrogens (tertiary/aromatic N) is 5. The number of aromatic nitrogens is 2. The summed E-state index contributed by atoms with van der Waals surface area (Å²) in [5.74, 6) is 0.0459. The lowest BCUT2D eigenvalue weighted by Crippen LogP contribution is -2.49. The largest absolute Gasteiger partial charge is 0.356 e. The van der Waals surface area contributed by atoms with Gasteiger partial charge in [0.05, 0.1) is 0 Å². The Morgan fingerprint density at radius 3 is 2.79 bits per heavy atom. The Morgan fingerprint density at radius 2 is 2.00 bits per heavy atom. The van der Waals surface area contributed by atoms with E-state index in [-0.39, 0.29) is 24.7 Å². The van der Waals surface area contributed by atoms with Crippen LogP contribution in [-0.2, 0) is 9.59 Å². The van der Waals surface area contributed by atoms with Gasteiger partial charge in [0, 0.05) is 64.3 Å². The minimum atomic E-state index is -0.0188. The van der Waals surface area contributed by atoms with Gasteiger partial charge >= 0.3 is 0 Å². The second-order valence-corrected chi connectivity index (χ2v) is 9.95. The first-order valence-electron chi connectivity index (χ1n) is 12.4. The van der Waals surface area contributed by atoms with Crippen LogP contribution in [0.2, 0.25) is 0 Å². The number of amides is 2. The molecule has 9 heteroatoms. The Kier molecular flexibility index (Phi) is 8.50. The molecule has 4 heterocycles. The maximum Gasteiger partial charge on any atom is 0.223 e. The maximum atomic E-state index is 12.6. The number of rotatable bonds is 9. The van der Waals surface area contributed by atoms with E-state index < -0.39 is 0 Å². The van der Waals surface area contributed by atoms with E-state index in [4.69, 9.17) is 0 Å². The fourth-order valence-electron chi connectivity index (χ4n) is 4.83. The third-order valence-corrected chi connectivity index (χ3v) is 7.83. The van der Waals surface area contributed by atoms with E-state index in [9.17, 15) is 9.59 Å². The molecular formula is C24H36N6O2S. The summed E-state index contributed by atoms with van der Waals surface area (Å²) in [6.45, 7) is 8.03. The van der Waals surface area contributed by atoms with Crippen molar-refractivity contribution in [2.45, 2.75) is 57.9 Å². The SMILES string of the molecule is CCC1CCCCN1CCCNC(=O)CCC(=O)N1CCN(c2nc3cccnc3s2)CC1. The van der Waals surface area contributed by atoms with Crippen molar-refractivity contribution in [2.75, 3.05) is 50.7 Å². The van der Waals surface area contributed by atoms with Gasteiger partial charge in [-0.1, -0.05) is 24.7 Å². The number of nitrogens with one attached hydrogen (secondary N) is 1. The number of piperazine rings is 1. The summed E-state index contributed by atoms with van der Waals surface area (Å²) in [5.41, 5.74) is 0.920. The highest BCUT2D eigenvalue weighted by Gasteiger charge is 2.24. The summed E-state index contributed by atoms with van der Waals surface area (Å²) >= 11 is 1.59. The molecule has 0 spiro atoms. The molecule has 1 atom stereocenters. The van der Waals surface area contributed by atoms with Gasteiger partial charge in [-0.25, -0.2) is 9.97 Å². The van der Waals surface area contributed by atoms with Crippen molar-refractivity contribution in [3.8, 4) is 0 Å². The lowest BCUT2D eigenvalue weighted by molar-refractivity contribution is -0.133. The first-order chi connectivity index (χ1) is 16.1. The molecule has 2 aromatic heterocycles. The summed E-state index contributed by atoms with van der Waals surface area (Å²) in [5, 5.41) is 3.96. The standard InChI is InChI=1S/C24H36N6O2S/c1-2-19-7-3-4-13-28(19)14-6-12-25-21(31)9-10-22(32)29-15-17-30(18-16-29)24-27-20-8-5-11-26-23(20)33-24/h5,8,11,19H,2-4,6-7,9-10,12-18H2,1H3,(H,25,31). The molecule has 2 amide bonds. The zero-order chi connectivity index (χ0) is 23.0. The van der Waals surface area contributed by atoms with Gasteiger partial charge in [0.15, 0.2) is 5.13 Å². The van der Waals surface area contributed by atoms with Crippen molar-refractivity contribution in [1.29, 1.82) is 0 Å². The lowest BCUT2D eigenvalue weighted by Gasteiger charge is -2.35. The van der Waals surface area contributed by atoms with Gasteiger partial charge in [0.2, 0.25) is 11.8 Å². The molecule has 2 aromatic rings. The molecule has 2 fully saturated rings. The van der Waals surface area contributed by atoms with Gasteiger partial charge in [-0.15, -0.1) is 0 Å². The number of carbonyl (C=O) groups is 2. The number of hydrogen-bond donors (Lipinski definition) is 1. The molecule has 0 saturated carbocycles. The second kappa shape index (κ2) is 11.7. The number of anilines is 1. The Balaban J connectivity index is 1.11. The number of likely N-dealkylation sites (tertiary alicyclic amines) is 1. The van der Waals surface area contributed by atoms with Gasteiger partial charge in [0.25, 0.3) is 0 Å². The monoisotopic (exact) mass is 472 g/mol. The zero-order valence-electron chi connectivity index (χ0n) is 19.7. The zero-order valence-corrected chi connectivity index (χ0v) is 20.5. The molecule has 1 N–H and O–H groups in total. The van der Waals surface area contributed by atoms with Crippen LogP contribution in [0.4, 0.5) is 5.13 Å². The van der Waals surface area contributed by atoms with Gasteiger partial charge in [-0.3, -0.25) is 9.59 Å². The van der Waals surface area contributed by atoms with Crippen molar-refractivity contribution in [1.82, 2.24) is 25.1 Å². The number of pyridine rings is 1. The van der Waals surface area contributed by atoms with Crippen molar-refractivity contribution in [2.24, 2.45) is 0 Å². The fraction of sp³-hybridized carbons (Fsp3) is 0.667. The van der Waals surface area contributed by atoms with E-state index >= 15 is 0 Å². The fourth-order valence-corrected chi connectivity index (χ4v) is 5.79. The molecule has 180 valence electrons. The van der Waals surface area contributed by atoms with Crippen molar-refractivity contribution in [3.05, 3.63) is 18.3 Å². The van der Waals surface area contributed by atoms with E-state index in [2.05, 4.69) is 32.0 Å². The molecule has 1 unspecified atom stereocenters. The number of piperidine rings is 1. The lowest BCUT2D eigenvalue weighted by atomic mass is 10.00. The van der Waals surface area contributed by atoms with Crippen LogP contribution >= 0.6 is 11.3 Å². The van der Waals surface area contributed by atoms with Crippen molar-refractivity contribution in [3.63, 3.8) is 0 Å². The second-order valence-electron chi connectivity index (χ2n) is 8.99. The number of hydrogen-bond acceptors (Lipinski definition) is 7. The average Bonchev–Trinajstić information content (AvgIpc) is 3.30. The topological polar surface area (TPSA) is 81.7 Å². The number of fused-ring (bicyclic) bond motifs is 1. The van der Waals surface area contributed by atoms with E-state index in [1.54, 1.807) is 17.5 Å². The van der Waals surface area contributed by atoms with Crippen LogP contribution in [-0.4, -0.2) is 83.4 Å². The minimum absolute atomic E-state index is 0.0188. The molecule has 2 saturated heterocycles. The highest BCUT2D eigenvalue weighted by Crippen LogP contribution is 2.27. The van der Waals surface area contributed by atoms with Gasteiger partial charge in [-0.05, 0) is 44.4 Å². The molecule has 2 aliphatic heterocycles. The summed E-state index contributed by atoms with van der Waals surface area (Å²) in [4.78, 5) is 41.4. The third-order valence-electron chi connectivity index (χ3n) is 6.79. The minimum Gasteiger partial charge on any atom is -0.356 e. The summed E-state index contributed by atoms with van der Waals surface area (Å²) in [7, 11) is 0. The van der Waals surface area contributed by atoms with Crippen LogP contribution in [0.1, 0.15) is 51.9 Å². The normalized spacial score (nSPS) is 19.7. The molecule has 0 aliphatic carbocycles. The Bertz CT molecular complexity index is 894. The Hall–Kier alpha value is -2.26. The number of carbonyl (C=O) groups excluding carboxylic acids is 2. The molecule has 4 rings (SSSR count). The van der Waals surface area contributed by atoms with Gasteiger partial charge in [-0.2, -0.15) is 0 Å². The molecule has 33 heavy (non-hydrogen) atoms. The summed E-state index contributed by atoms with van der Waals surface area (Å²) < 4.78 is 0. The summed E-state index contributed by atoms with van der Waals surface area (Å²) in [6, 6.07) is 4.58. The maximum absolute atomic E-state index is 12.6. The highest BCUT2D eigenvalue weighted by molar-refractivity contribution is 7.21. The molecule has 0 bridgehead atoms. The van der Waals surface area contributed by atoms with Crippen LogP contribution in [0.15, 0.2) is 18.3 Å². The quantitative estimate of drug-likeness (QED) is 0.565. The third kappa shape index (κ3) is 6.41. The highest BCUT2D eigenvalue weighted by atomic mass is 32.1. The smallest absolute Gasteiger partial charge is 0.223 e. The van der Waals surface area contributed by atoms with Crippen molar-refractivity contribution >= 4 is 38.6 Å². The van der Waals surface area contributed by atoms with E-state index in [1.165, 1.54) is 32.2 Å². The first-order valence-corrected chi connectivity index (χ1v) is 13.2.